The van der Waals surface area contributed by atoms with Gasteiger partial charge in [0.1, 0.15) is 5.75 Å². The fourth-order valence-electron chi connectivity index (χ4n) is 2.40. The highest BCUT2D eigenvalue weighted by Gasteiger charge is 2.24. The standard InChI is InChI=1S/C16H20N2O3/c1-21-14-4-2-3-12(11-14)5-6-15(19)18-9-7-13(8-10-18)16(17)20/h2-6,11,13H,7-10H2,1H3,(H2,17,20). The van der Waals surface area contributed by atoms with Gasteiger partial charge in [-0.15, -0.1) is 0 Å². The van der Waals surface area contributed by atoms with Crippen LogP contribution in [0.15, 0.2) is 30.3 Å². The van der Waals surface area contributed by atoms with E-state index in [2.05, 4.69) is 0 Å². The molecule has 1 fully saturated rings. The Balaban J connectivity index is 1.92. The number of nitrogens with two attached hydrogens (primary N) is 1. The average molecular weight is 288 g/mol. The number of primary amides is 1. The number of amides is 2. The van der Waals surface area contributed by atoms with Crippen LogP contribution in [-0.2, 0) is 9.59 Å². The molecule has 21 heavy (non-hydrogen) atoms. The largest absolute Gasteiger partial charge is 0.497 e. The molecule has 0 unspecified atom stereocenters. The van der Waals surface area contributed by atoms with Crippen LogP contribution in [0.2, 0.25) is 0 Å². The lowest BCUT2D eigenvalue weighted by Gasteiger charge is -2.29. The summed E-state index contributed by atoms with van der Waals surface area (Å²) in [6.45, 7) is 1.16. The van der Waals surface area contributed by atoms with E-state index in [0.717, 1.165) is 11.3 Å². The second-order valence-electron chi connectivity index (χ2n) is 5.11. The summed E-state index contributed by atoms with van der Waals surface area (Å²) in [5, 5.41) is 0. The Hall–Kier alpha value is -2.30. The number of benzene rings is 1. The van der Waals surface area contributed by atoms with Gasteiger partial charge in [0.15, 0.2) is 0 Å². The number of ether oxygens (including phenoxy) is 1. The molecule has 0 bridgehead atoms. The van der Waals surface area contributed by atoms with Gasteiger partial charge in [-0.2, -0.15) is 0 Å². The second kappa shape index (κ2) is 6.92. The van der Waals surface area contributed by atoms with Gasteiger partial charge in [-0.3, -0.25) is 9.59 Å². The van der Waals surface area contributed by atoms with Gasteiger partial charge in [0, 0.05) is 25.1 Å². The molecule has 1 aromatic rings. The molecule has 0 radical (unpaired) electrons. The fourth-order valence-corrected chi connectivity index (χ4v) is 2.40. The number of rotatable bonds is 4. The van der Waals surface area contributed by atoms with E-state index in [1.807, 2.05) is 24.3 Å². The average Bonchev–Trinajstić information content (AvgIpc) is 2.53. The number of hydrogen-bond acceptors (Lipinski definition) is 3. The molecule has 0 spiro atoms. The fraction of sp³-hybridized carbons (Fsp3) is 0.375. The minimum Gasteiger partial charge on any atom is -0.497 e. The molecule has 1 saturated heterocycles. The number of nitrogens with zero attached hydrogens (tertiary/aromatic N) is 1. The van der Waals surface area contributed by atoms with Gasteiger partial charge in [-0.25, -0.2) is 0 Å². The number of likely N-dealkylation sites (tertiary alicyclic amines) is 1. The van der Waals surface area contributed by atoms with Crippen molar-refractivity contribution in [2.75, 3.05) is 20.2 Å². The van der Waals surface area contributed by atoms with Crippen molar-refractivity contribution in [1.29, 1.82) is 0 Å². The highest BCUT2D eigenvalue weighted by molar-refractivity contribution is 5.92. The maximum atomic E-state index is 12.1. The summed E-state index contributed by atoms with van der Waals surface area (Å²) in [4.78, 5) is 24.9. The van der Waals surface area contributed by atoms with Crippen molar-refractivity contribution in [3.63, 3.8) is 0 Å². The maximum absolute atomic E-state index is 12.1. The molecule has 1 aromatic carbocycles. The molecule has 112 valence electrons. The van der Waals surface area contributed by atoms with E-state index < -0.39 is 0 Å². The zero-order valence-electron chi connectivity index (χ0n) is 12.1. The van der Waals surface area contributed by atoms with Crippen LogP contribution < -0.4 is 10.5 Å². The highest BCUT2D eigenvalue weighted by Crippen LogP contribution is 2.18. The van der Waals surface area contributed by atoms with Crippen molar-refractivity contribution in [2.24, 2.45) is 11.7 Å². The van der Waals surface area contributed by atoms with Crippen molar-refractivity contribution in [1.82, 2.24) is 4.90 Å². The number of methoxy groups -OCH3 is 1. The maximum Gasteiger partial charge on any atom is 0.246 e. The van der Waals surface area contributed by atoms with Crippen LogP contribution in [0.3, 0.4) is 0 Å². The Morgan fingerprint density at radius 3 is 2.67 bits per heavy atom. The van der Waals surface area contributed by atoms with Crippen molar-refractivity contribution >= 4 is 17.9 Å². The number of piperidine rings is 1. The van der Waals surface area contributed by atoms with E-state index in [1.165, 1.54) is 0 Å². The Kier molecular flexibility index (Phi) is 4.98. The van der Waals surface area contributed by atoms with Gasteiger partial charge in [0.2, 0.25) is 11.8 Å². The van der Waals surface area contributed by atoms with Gasteiger partial charge in [0.25, 0.3) is 0 Å². The molecule has 0 atom stereocenters. The quantitative estimate of drug-likeness (QED) is 0.852. The van der Waals surface area contributed by atoms with Gasteiger partial charge >= 0.3 is 0 Å². The topological polar surface area (TPSA) is 72.6 Å². The third kappa shape index (κ3) is 4.08. The molecule has 1 heterocycles. The smallest absolute Gasteiger partial charge is 0.246 e. The predicted molar refractivity (Wildman–Crippen MR) is 80.5 cm³/mol. The van der Waals surface area contributed by atoms with Crippen LogP contribution in [0.25, 0.3) is 6.08 Å². The van der Waals surface area contributed by atoms with Crippen LogP contribution in [-0.4, -0.2) is 36.9 Å². The Labute approximate surface area is 124 Å². The van der Waals surface area contributed by atoms with E-state index >= 15 is 0 Å². The first-order valence-corrected chi connectivity index (χ1v) is 7.00. The van der Waals surface area contributed by atoms with Crippen molar-refractivity contribution in [2.45, 2.75) is 12.8 Å². The van der Waals surface area contributed by atoms with Gasteiger partial charge < -0.3 is 15.4 Å². The summed E-state index contributed by atoms with van der Waals surface area (Å²) in [5.74, 6) is 0.345. The minimum absolute atomic E-state index is 0.0410. The molecular weight excluding hydrogens is 268 g/mol. The lowest BCUT2D eigenvalue weighted by Crippen LogP contribution is -2.41. The first-order chi connectivity index (χ1) is 10.1. The van der Waals surface area contributed by atoms with Crippen molar-refractivity contribution in [3.05, 3.63) is 35.9 Å². The predicted octanol–water partition coefficient (Wildman–Crippen LogP) is 1.43. The molecule has 2 rings (SSSR count). The normalized spacial score (nSPS) is 16.1. The summed E-state index contributed by atoms with van der Waals surface area (Å²) in [5.41, 5.74) is 6.19. The lowest BCUT2D eigenvalue weighted by molar-refractivity contribution is -0.130. The third-order valence-corrected chi connectivity index (χ3v) is 3.72. The molecule has 2 N–H and O–H groups in total. The summed E-state index contributed by atoms with van der Waals surface area (Å²) in [6.07, 6.45) is 4.62. The van der Waals surface area contributed by atoms with Crippen LogP contribution in [0.5, 0.6) is 5.75 Å². The Bertz CT molecular complexity index is 546. The third-order valence-electron chi connectivity index (χ3n) is 3.72. The zero-order chi connectivity index (χ0) is 15.2. The molecule has 0 aliphatic carbocycles. The van der Waals surface area contributed by atoms with E-state index in [0.29, 0.717) is 25.9 Å². The lowest BCUT2D eigenvalue weighted by atomic mass is 9.96. The van der Waals surface area contributed by atoms with E-state index in [9.17, 15) is 9.59 Å². The number of hydrogen-bond donors (Lipinski definition) is 1. The summed E-state index contributed by atoms with van der Waals surface area (Å²) < 4.78 is 5.14. The Morgan fingerprint density at radius 1 is 1.33 bits per heavy atom. The number of carbonyl (C=O) groups is 2. The SMILES string of the molecule is COc1cccc(C=CC(=O)N2CCC(C(N)=O)CC2)c1. The second-order valence-corrected chi connectivity index (χ2v) is 5.11. The molecular formula is C16H20N2O3. The molecule has 0 saturated carbocycles. The Morgan fingerprint density at radius 2 is 2.05 bits per heavy atom. The monoisotopic (exact) mass is 288 g/mol. The summed E-state index contributed by atoms with van der Waals surface area (Å²) in [6, 6.07) is 7.50. The van der Waals surface area contributed by atoms with Gasteiger partial charge in [-0.05, 0) is 36.6 Å². The summed E-state index contributed by atoms with van der Waals surface area (Å²) >= 11 is 0. The molecule has 1 aliphatic rings. The van der Waals surface area contributed by atoms with Crippen LogP contribution >= 0.6 is 0 Å². The highest BCUT2D eigenvalue weighted by atomic mass is 16.5. The summed E-state index contributed by atoms with van der Waals surface area (Å²) in [7, 11) is 1.61. The zero-order valence-corrected chi connectivity index (χ0v) is 12.1. The van der Waals surface area contributed by atoms with Crippen molar-refractivity contribution in [3.8, 4) is 5.75 Å². The number of carbonyl (C=O) groups excluding carboxylic acids is 2. The first kappa shape index (κ1) is 15.1. The van der Waals surface area contributed by atoms with Gasteiger partial charge in [-0.1, -0.05) is 12.1 Å². The van der Waals surface area contributed by atoms with Crippen LogP contribution in [0, 0.1) is 5.92 Å². The minimum atomic E-state index is -0.269. The molecule has 5 nitrogen and oxygen atoms in total. The van der Waals surface area contributed by atoms with Crippen molar-refractivity contribution < 1.29 is 14.3 Å². The van der Waals surface area contributed by atoms with E-state index in [4.69, 9.17) is 10.5 Å². The molecule has 2 amide bonds. The molecule has 0 aromatic heterocycles. The molecule has 5 heteroatoms. The molecule has 1 aliphatic heterocycles. The van der Waals surface area contributed by atoms with E-state index in [-0.39, 0.29) is 17.7 Å². The van der Waals surface area contributed by atoms with Crippen LogP contribution in [0.1, 0.15) is 18.4 Å². The van der Waals surface area contributed by atoms with Gasteiger partial charge in [0.05, 0.1) is 7.11 Å². The van der Waals surface area contributed by atoms with Crippen LogP contribution in [0.4, 0.5) is 0 Å². The van der Waals surface area contributed by atoms with E-state index in [1.54, 1.807) is 24.2 Å². The first-order valence-electron chi connectivity index (χ1n) is 7.00.